The first-order valence-corrected chi connectivity index (χ1v) is 11.2. The van der Waals surface area contributed by atoms with Gasteiger partial charge < -0.3 is 4.74 Å². The molecule has 158 valence electrons. The third-order valence-electron chi connectivity index (χ3n) is 5.06. The van der Waals surface area contributed by atoms with E-state index in [2.05, 4.69) is 50.5 Å². The number of para-hydroxylation sites is 1. The van der Waals surface area contributed by atoms with Gasteiger partial charge in [0.1, 0.15) is 5.69 Å². The highest BCUT2D eigenvalue weighted by Gasteiger charge is 2.09. The lowest BCUT2D eigenvalue weighted by molar-refractivity contribution is 0.105. The van der Waals surface area contributed by atoms with Crippen molar-refractivity contribution in [1.82, 2.24) is 20.0 Å². The van der Waals surface area contributed by atoms with E-state index in [1.54, 1.807) is 4.68 Å². The molecule has 0 fully saturated rings. The van der Waals surface area contributed by atoms with Gasteiger partial charge >= 0.3 is 0 Å². The van der Waals surface area contributed by atoms with E-state index in [-0.39, 0.29) is 0 Å². The van der Waals surface area contributed by atoms with Crippen molar-refractivity contribution in [1.29, 1.82) is 0 Å². The van der Waals surface area contributed by atoms with Crippen molar-refractivity contribution < 1.29 is 4.74 Å². The molecule has 0 spiro atoms. The second kappa shape index (κ2) is 9.20. The lowest BCUT2D eigenvalue weighted by Gasteiger charge is -2.10. The molecule has 2 aromatic heterocycles. The fraction of sp³-hybridized carbons (Fsp3) is 0.0800. The Morgan fingerprint density at radius 2 is 1.75 bits per heavy atom. The van der Waals surface area contributed by atoms with Crippen molar-refractivity contribution in [3.63, 3.8) is 0 Å². The highest BCUT2D eigenvalue weighted by Crippen LogP contribution is 2.27. The molecular weight excluding hydrogens is 488 g/mol. The smallest absolute Gasteiger partial charge is 0.109 e. The van der Waals surface area contributed by atoms with E-state index >= 15 is 0 Å². The Balaban J connectivity index is 1.36. The van der Waals surface area contributed by atoms with E-state index < -0.39 is 0 Å². The summed E-state index contributed by atoms with van der Waals surface area (Å²) in [5.41, 5.74) is 5.64. The Labute approximate surface area is 198 Å². The predicted octanol–water partition coefficient (Wildman–Crippen LogP) is 6.62. The van der Waals surface area contributed by atoms with Crippen LogP contribution < -0.4 is 0 Å². The van der Waals surface area contributed by atoms with Gasteiger partial charge in [-0.1, -0.05) is 63.1 Å². The van der Waals surface area contributed by atoms with Crippen LogP contribution >= 0.6 is 27.5 Å². The van der Waals surface area contributed by atoms with Gasteiger partial charge in [0.25, 0.3) is 0 Å². The number of rotatable bonds is 6. The summed E-state index contributed by atoms with van der Waals surface area (Å²) >= 11 is 9.50. The van der Waals surface area contributed by atoms with Crippen LogP contribution in [-0.4, -0.2) is 20.0 Å². The molecule has 5 nitrogen and oxygen atoms in total. The minimum atomic E-state index is 0.358. The molecule has 0 saturated heterocycles. The van der Waals surface area contributed by atoms with E-state index in [1.165, 1.54) is 0 Å². The quantitative estimate of drug-likeness (QED) is 0.260. The number of halogens is 2. The summed E-state index contributed by atoms with van der Waals surface area (Å²) < 4.78 is 8.75. The normalized spacial score (nSPS) is 11.2. The van der Waals surface area contributed by atoms with Crippen LogP contribution in [0.3, 0.4) is 0 Å². The molecule has 0 aliphatic heterocycles. The number of hydrogen-bond donors (Lipinski definition) is 0. The molecule has 5 aromatic rings. The highest BCUT2D eigenvalue weighted by molar-refractivity contribution is 9.10. The van der Waals surface area contributed by atoms with Crippen LogP contribution in [0, 0.1) is 0 Å². The minimum Gasteiger partial charge on any atom is -0.370 e. The maximum atomic E-state index is 6.02. The van der Waals surface area contributed by atoms with Gasteiger partial charge in [0.05, 0.1) is 36.3 Å². The number of ether oxygens (including phenoxy) is 1. The number of benzene rings is 3. The van der Waals surface area contributed by atoms with Gasteiger partial charge in [-0.2, -0.15) is 0 Å². The van der Waals surface area contributed by atoms with Crippen LogP contribution in [0.5, 0.6) is 0 Å². The first-order valence-electron chi connectivity index (χ1n) is 10.1. The standard InChI is InChI=1S/C25H18BrClN4O/c26-19-5-3-4-17(12-19)25-13-18(23-6-1-2-7-24(23)28-25)15-32-16-21-14-31(30-29-21)22-10-8-20(27)9-11-22/h1-14H,15-16H2. The maximum Gasteiger partial charge on any atom is 0.109 e. The maximum absolute atomic E-state index is 6.02. The van der Waals surface area contributed by atoms with Gasteiger partial charge in [-0.15, -0.1) is 5.10 Å². The molecule has 0 unspecified atom stereocenters. The monoisotopic (exact) mass is 504 g/mol. The Hall–Kier alpha value is -3.06. The van der Waals surface area contributed by atoms with Gasteiger partial charge in [0, 0.05) is 20.4 Å². The lowest BCUT2D eigenvalue weighted by Crippen LogP contribution is -1.98. The van der Waals surface area contributed by atoms with Crippen molar-refractivity contribution in [3.05, 3.63) is 106 Å². The van der Waals surface area contributed by atoms with Gasteiger partial charge in [0.15, 0.2) is 0 Å². The van der Waals surface area contributed by atoms with E-state index in [9.17, 15) is 0 Å². The Morgan fingerprint density at radius 3 is 2.59 bits per heavy atom. The second-order valence-corrected chi connectivity index (χ2v) is 8.67. The van der Waals surface area contributed by atoms with Gasteiger partial charge in [-0.25, -0.2) is 9.67 Å². The molecule has 7 heteroatoms. The van der Waals surface area contributed by atoms with Crippen LogP contribution in [0.4, 0.5) is 0 Å². The van der Waals surface area contributed by atoms with Crippen molar-refractivity contribution in [3.8, 4) is 16.9 Å². The third-order valence-corrected chi connectivity index (χ3v) is 5.81. The molecule has 0 radical (unpaired) electrons. The number of hydrogen-bond acceptors (Lipinski definition) is 4. The summed E-state index contributed by atoms with van der Waals surface area (Å²) in [6.45, 7) is 0.800. The van der Waals surface area contributed by atoms with Crippen LogP contribution in [0.2, 0.25) is 5.02 Å². The number of fused-ring (bicyclic) bond motifs is 1. The molecule has 0 saturated carbocycles. The van der Waals surface area contributed by atoms with Crippen molar-refractivity contribution >= 4 is 38.4 Å². The van der Waals surface area contributed by atoms with Crippen molar-refractivity contribution in [2.75, 3.05) is 0 Å². The summed E-state index contributed by atoms with van der Waals surface area (Å²) in [5.74, 6) is 0. The zero-order chi connectivity index (χ0) is 21.9. The molecule has 0 aliphatic rings. The molecule has 0 aliphatic carbocycles. The molecule has 3 aromatic carbocycles. The zero-order valence-electron chi connectivity index (χ0n) is 17.0. The van der Waals surface area contributed by atoms with Gasteiger partial charge in [0.2, 0.25) is 0 Å². The van der Waals surface area contributed by atoms with Gasteiger partial charge in [-0.05, 0) is 54.1 Å². The van der Waals surface area contributed by atoms with Crippen molar-refractivity contribution in [2.24, 2.45) is 0 Å². The van der Waals surface area contributed by atoms with E-state index in [4.69, 9.17) is 21.3 Å². The predicted molar refractivity (Wildman–Crippen MR) is 130 cm³/mol. The molecule has 0 N–H and O–H groups in total. The number of nitrogens with zero attached hydrogens (tertiary/aromatic N) is 4. The molecule has 32 heavy (non-hydrogen) atoms. The number of pyridine rings is 1. The topological polar surface area (TPSA) is 52.8 Å². The second-order valence-electron chi connectivity index (χ2n) is 7.32. The Kier molecular flexibility index (Phi) is 5.99. The number of aromatic nitrogens is 4. The highest BCUT2D eigenvalue weighted by atomic mass is 79.9. The largest absolute Gasteiger partial charge is 0.370 e. The van der Waals surface area contributed by atoms with E-state index in [1.807, 2.05) is 60.8 Å². The average Bonchev–Trinajstić information content (AvgIpc) is 3.28. The molecule has 0 atom stereocenters. The molecular formula is C25H18BrClN4O. The first kappa shape index (κ1) is 20.8. The van der Waals surface area contributed by atoms with Crippen LogP contribution in [0.15, 0.2) is 89.5 Å². The van der Waals surface area contributed by atoms with E-state index in [0.717, 1.165) is 43.6 Å². The molecule has 0 bridgehead atoms. The average molecular weight is 506 g/mol. The summed E-state index contributed by atoms with van der Waals surface area (Å²) in [6, 6.07) is 25.8. The Bertz CT molecular complexity index is 1380. The van der Waals surface area contributed by atoms with Crippen molar-refractivity contribution in [2.45, 2.75) is 13.2 Å². The SMILES string of the molecule is Clc1ccc(-n2cc(COCc3cc(-c4cccc(Br)c4)nc4ccccc34)nn2)cc1. The summed E-state index contributed by atoms with van der Waals surface area (Å²) in [5, 5.41) is 10.2. The zero-order valence-corrected chi connectivity index (χ0v) is 19.3. The summed E-state index contributed by atoms with van der Waals surface area (Å²) in [7, 11) is 0. The summed E-state index contributed by atoms with van der Waals surface area (Å²) in [6.07, 6.45) is 1.86. The van der Waals surface area contributed by atoms with E-state index in [0.29, 0.717) is 18.2 Å². The minimum absolute atomic E-state index is 0.358. The van der Waals surface area contributed by atoms with Crippen LogP contribution in [0.25, 0.3) is 27.8 Å². The molecule has 0 amide bonds. The van der Waals surface area contributed by atoms with Crippen LogP contribution in [0.1, 0.15) is 11.3 Å². The third kappa shape index (κ3) is 4.58. The lowest BCUT2D eigenvalue weighted by atomic mass is 10.0. The summed E-state index contributed by atoms with van der Waals surface area (Å²) in [4.78, 5) is 4.85. The molecule has 2 heterocycles. The fourth-order valence-electron chi connectivity index (χ4n) is 3.51. The Morgan fingerprint density at radius 1 is 0.906 bits per heavy atom. The fourth-order valence-corrected chi connectivity index (χ4v) is 4.04. The van der Waals surface area contributed by atoms with Crippen LogP contribution in [-0.2, 0) is 18.0 Å². The molecule has 5 rings (SSSR count). The first-order chi connectivity index (χ1) is 15.7. The van der Waals surface area contributed by atoms with Gasteiger partial charge in [-0.3, -0.25) is 0 Å².